The molecule has 0 radical (unpaired) electrons. The molecule has 0 fully saturated rings. The molecule has 108 valence electrons. The van der Waals surface area contributed by atoms with Gasteiger partial charge in [-0.1, -0.05) is 30.3 Å². The van der Waals surface area contributed by atoms with Crippen molar-refractivity contribution in [3.8, 4) is 6.07 Å². The molecule has 0 aliphatic rings. The highest BCUT2D eigenvalue weighted by Crippen LogP contribution is 2.18. The van der Waals surface area contributed by atoms with Gasteiger partial charge in [0.25, 0.3) is 0 Å². The average molecular weight is 283 g/mol. The zero-order chi connectivity index (χ0) is 14.9. The van der Waals surface area contributed by atoms with Gasteiger partial charge in [-0.3, -0.25) is 0 Å². The van der Waals surface area contributed by atoms with Crippen molar-refractivity contribution in [3.05, 3.63) is 47.5 Å². The van der Waals surface area contributed by atoms with E-state index in [0.29, 0.717) is 24.9 Å². The molecule has 0 aliphatic heterocycles. The standard InChI is InChI=1S/C16H17N3O2/c1-20-11-5-10-18-16-14(12-17)19-15(21-16)9-8-13-6-3-2-4-7-13/h2-4,6-9,18H,5,10-11H2,1H3. The molecule has 0 saturated carbocycles. The number of nitrogens with zero attached hydrogens (tertiary/aromatic N) is 2. The van der Waals surface area contributed by atoms with Crippen LogP contribution in [0.15, 0.2) is 34.7 Å². The lowest BCUT2D eigenvalue weighted by atomic mass is 10.2. The molecular formula is C16H17N3O2. The summed E-state index contributed by atoms with van der Waals surface area (Å²) in [5, 5.41) is 12.1. The van der Waals surface area contributed by atoms with Crippen molar-refractivity contribution in [2.75, 3.05) is 25.6 Å². The first-order valence-corrected chi connectivity index (χ1v) is 6.70. The number of ether oxygens (including phenoxy) is 1. The molecule has 21 heavy (non-hydrogen) atoms. The second-order valence-electron chi connectivity index (χ2n) is 4.36. The van der Waals surface area contributed by atoms with Gasteiger partial charge in [0.05, 0.1) is 0 Å². The molecule has 1 heterocycles. The molecule has 1 aromatic heterocycles. The van der Waals surface area contributed by atoms with E-state index in [2.05, 4.69) is 10.3 Å². The molecule has 0 amide bonds. The topological polar surface area (TPSA) is 71.1 Å². The Morgan fingerprint density at radius 1 is 1.33 bits per heavy atom. The van der Waals surface area contributed by atoms with E-state index in [1.165, 1.54) is 0 Å². The average Bonchev–Trinajstić information content (AvgIpc) is 2.93. The molecule has 0 bridgehead atoms. The number of hydrogen-bond donors (Lipinski definition) is 1. The molecule has 5 heteroatoms. The van der Waals surface area contributed by atoms with Gasteiger partial charge in [-0.15, -0.1) is 0 Å². The van der Waals surface area contributed by atoms with Crippen molar-refractivity contribution in [2.45, 2.75) is 6.42 Å². The Bertz CT molecular complexity index is 627. The summed E-state index contributed by atoms with van der Waals surface area (Å²) in [7, 11) is 1.65. The maximum absolute atomic E-state index is 9.06. The Labute approximate surface area is 123 Å². The van der Waals surface area contributed by atoms with Gasteiger partial charge < -0.3 is 14.5 Å². The first-order valence-electron chi connectivity index (χ1n) is 6.70. The lowest BCUT2D eigenvalue weighted by Crippen LogP contribution is -2.04. The maximum Gasteiger partial charge on any atom is 0.232 e. The third-order valence-corrected chi connectivity index (χ3v) is 2.78. The quantitative estimate of drug-likeness (QED) is 0.790. The van der Waals surface area contributed by atoms with Crippen LogP contribution in [0.4, 0.5) is 5.88 Å². The predicted octanol–water partition coefficient (Wildman–Crippen LogP) is 3.17. The van der Waals surface area contributed by atoms with Crippen molar-refractivity contribution in [2.24, 2.45) is 0 Å². The normalized spacial score (nSPS) is 10.7. The first-order chi connectivity index (χ1) is 10.3. The molecule has 2 rings (SSSR count). The molecule has 0 aliphatic carbocycles. The highest BCUT2D eigenvalue weighted by molar-refractivity contribution is 5.67. The summed E-state index contributed by atoms with van der Waals surface area (Å²) < 4.78 is 10.5. The van der Waals surface area contributed by atoms with Gasteiger partial charge in [-0.25, -0.2) is 0 Å². The largest absolute Gasteiger partial charge is 0.420 e. The second-order valence-corrected chi connectivity index (χ2v) is 4.36. The van der Waals surface area contributed by atoms with Crippen LogP contribution < -0.4 is 5.32 Å². The van der Waals surface area contributed by atoms with E-state index in [1.807, 2.05) is 42.5 Å². The number of benzene rings is 1. The molecule has 1 aromatic carbocycles. The highest BCUT2D eigenvalue weighted by Gasteiger charge is 2.10. The van der Waals surface area contributed by atoms with Crippen LogP contribution in [0.3, 0.4) is 0 Å². The summed E-state index contributed by atoms with van der Waals surface area (Å²) in [6.45, 7) is 1.32. The number of aromatic nitrogens is 1. The van der Waals surface area contributed by atoms with Crippen LogP contribution in [-0.2, 0) is 4.74 Å². The van der Waals surface area contributed by atoms with Gasteiger partial charge in [-0.05, 0) is 18.1 Å². The van der Waals surface area contributed by atoms with Crippen molar-refractivity contribution >= 4 is 18.0 Å². The fraction of sp³-hybridized carbons (Fsp3) is 0.250. The number of nitrogens with one attached hydrogen (secondary N) is 1. The fourth-order valence-electron chi connectivity index (χ4n) is 1.75. The van der Waals surface area contributed by atoms with E-state index in [0.717, 1.165) is 12.0 Å². The van der Waals surface area contributed by atoms with Crippen LogP contribution >= 0.6 is 0 Å². The van der Waals surface area contributed by atoms with Crippen molar-refractivity contribution in [1.29, 1.82) is 5.26 Å². The monoisotopic (exact) mass is 283 g/mol. The lowest BCUT2D eigenvalue weighted by Gasteiger charge is -2.01. The Kier molecular flexibility index (Phi) is 5.56. The molecule has 5 nitrogen and oxygen atoms in total. The van der Waals surface area contributed by atoms with E-state index in [4.69, 9.17) is 14.4 Å². The molecule has 2 aromatic rings. The number of rotatable bonds is 7. The number of hydrogen-bond acceptors (Lipinski definition) is 5. The third-order valence-electron chi connectivity index (χ3n) is 2.78. The minimum atomic E-state index is 0.264. The fourth-order valence-corrected chi connectivity index (χ4v) is 1.75. The van der Waals surface area contributed by atoms with E-state index < -0.39 is 0 Å². The summed E-state index contributed by atoms with van der Waals surface area (Å²) in [5.41, 5.74) is 1.31. The second kappa shape index (κ2) is 7.88. The SMILES string of the molecule is COCCCNc1oc(C=Cc2ccccc2)nc1C#N. The van der Waals surface area contributed by atoms with Crippen LogP contribution in [0.1, 0.15) is 23.6 Å². The van der Waals surface area contributed by atoms with Crippen molar-refractivity contribution in [1.82, 2.24) is 4.98 Å². The molecule has 0 spiro atoms. The van der Waals surface area contributed by atoms with Gasteiger partial charge in [0.15, 0.2) is 0 Å². The van der Waals surface area contributed by atoms with Crippen molar-refractivity contribution in [3.63, 3.8) is 0 Å². The molecular weight excluding hydrogens is 266 g/mol. The lowest BCUT2D eigenvalue weighted by molar-refractivity contribution is 0.197. The number of oxazole rings is 1. The maximum atomic E-state index is 9.06. The van der Waals surface area contributed by atoms with Gasteiger partial charge in [0.2, 0.25) is 17.5 Å². The third kappa shape index (κ3) is 4.48. The smallest absolute Gasteiger partial charge is 0.232 e. The van der Waals surface area contributed by atoms with Crippen LogP contribution in [0, 0.1) is 11.3 Å². The van der Waals surface area contributed by atoms with E-state index in [9.17, 15) is 0 Å². The minimum Gasteiger partial charge on any atom is -0.420 e. The Balaban J connectivity index is 2.03. The molecule has 0 unspecified atom stereocenters. The Hall–Kier alpha value is -2.58. The molecule has 0 saturated heterocycles. The number of anilines is 1. The Morgan fingerprint density at radius 3 is 2.86 bits per heavy atom. The van der Waals surface area contributed by atoms with Crippen LogP contribution in [0.5, 0.6) is 0 Å². The number of methoxy groups -OCH3 is 1. The Morgan fingerprint density at radius 2 is 2.14 bits per heavy atom. The van der Waals surface area contributed by atoms with Crippen LogP contribution in [-0.4, -0.2) is 25.2 Å². The van der Waals surface area contributed by atoms with E-state index >= 15 is 0 Å². The van der Waals surface area contributed by atoms with E-state index in [1.54, 1.807) is 13.2 Å². The predicted molar refractivity (Wildman–Crippen MR) is 81.6 cm³/mol. The van der Waals surface area contributed by atoms with Gasteiger partial charge in [0, 0.05) is 26.3 Å². The number of nitriles is 1. The van der Waals surface area contributed by atoms with Crippen LogP contribution in [0.2, 0.25) is 0 Å². The summed E-state index contributed by atoms with van der Waals surface area (Å²) in [6, 6.07) is 11.9. The zero-order valence-corrected chi connectivity index (χ0v) is 11.9. The highest BCUT2D eigenvalue weighted by atomic mass is 16.5. The van der Waals surface area contributed by atoms with Crippen LogP contribution in [0.25, 0.3) is 12.2 Å². The molecule has 1 N–H and O–H groups in total. The van der Waals surface area contributed by atoms with Crippen molar-refractivity contribution < 1.29 is 9.15 Å². The zero-order valence-electron chi connectivity index (χ0n) is 11.9. The minimum absolute atomic E-state index is 0.264. The summed E-state index contributed by atoms with van der Waals surface area (Å²) >= 11 is 0. The molecule has 0 atom stereocenters. The summed E-state index contributed by atoms with van der Waals surface area (Å²) in [4.78, 5) is 4.13. The van der Waals surface area contributed by atoms with Gasteiger partial charge in [-0.2, -0.15) is 10.2 Å². The summed E-state index contributed by atoms with van der Waals surface area (Å²) in [5.74, 6) is 0.811. The first kappa shape index (κ1) is 14.8. The van der Waals surface area contributed by atoms with Gasteiger partial charge >= 0.3 is 0 Å². The van der Waals surface area contributed by atoms with E-state index in [-0.39, 0.29) is 5.69 Å². The van der Waals surface area contributed by atoms with Gasteiger partial charge in [0.1, 0.15) is 6.07 Å². The summed E-state index contributed by atoms with van der Waals surface area (Å²) in [6.07, 6.45) is 4.47.